The van der Waals surface area contributed by atoms with Gasteiger partial charge in [-0.05, 0) is 32.1 Å². The first-order valence-corrected chi connectivity index (χ1v) is 7.64. The zero-order valence-corrected chi connectivity index (χ0v) is 12.0. The average Bonchev–Trinajstić information content (AvgIpc) is 2.34. The Kier molecular flexibility index (Phi) is 13.6. The van der Waals surface area contributed by atoms with Crippen molar-refractivity contribution >= 4 is 5.97 Å². The quantitative estimate of drug-likeness (QED) is 0.356. The van der Waals surface area contributed by atoms with E-state index in [1.807, 2.05) is 0 Å². The van der Waals surface area contributed by atoms with E-state index >= 15 is 0 Å². The number of carbonyl (C=O) groups is 1. The second-order valence-electron chi connectivity index (χ2n) is 5.02. The van der Waals surface area contributed by atoms with E-state index in [-0.39, 0.29) is 0 Å². The molecule has 0 atom stereocenters. The summed E-state index contributed by atoms with van der Waals surface area (Å²) < 4.78 is 0. The van der Waals surface area contributed by atoms with Crippen LogP contribution in [0, 0.1) is 0 Å². The van der Waals surface area contributed by atoms with Gasteiger partial charge in [-0.1, -0.05) is 57.6 Å². The van der Waals surface area contributed by atoms with Crippen molar-refractivity contribution in [2.24, 2.45) is 0 Å². The summed E-state index contributed by atoms with van der Waals surface area (Å²) in [5.74, 6) is -0.669. The maximum absolute atomic E-state index is 10.3. The van der Waals surface area contributed by atoms with Gasteiger partial charge in [-0.2, -0.15) is 0 Å². The Morgan fingerprint density at radius 2 is 1.33 bits per heavy atom. The molecule has 0 aliphatic heterocycles. The van der Waals surface area contributed by atoms with Crippen LogP contribution in [0.3, 0.4) is 0 Å². The Balaban J connectivity index is 3.06. The van der Waals surface area contributed by atoms with Crippen LogP contribution in [0.4, 0.5) is 0 Å². The fourth-order valence-electron chi connectivity index (χ4n) is 1.99. The third-order valence-corrected chi connectivity index (χ3v) is 3.15. The lowest BCUT2D eigenvalue weighted by atomic mass is 10.1. The number of hydrogen-bond donors (Lipinski definition) is 1. The third kappa shape index (κ3) is 15.2. The van der Waals surface area contributed by atoms with E-state index in [1.165, 1.54) is 44.9 Å². The predicted molar refractivity (Wildman–Crippen MR) is 77.9 cm³/mol. The topological polar surface area (TPSA) is 37.3 Å². The highest BCUT2D eigenvalue weighted by molar-refractivity contribution is 5.66. The molecule has 0 aromatic rings. The fraction of sp³-hybridized carbons (Fsp3) is 0.812. The lowest BCUT2D eigenvalue weighted by molar-refractivity contribution is -0.137. The SMILES string of the molecule is CCCCCCC/C=C\CCCCCCC(=O)O. The minimum absolute atomic E-state index is 0.327. The van der Waals surface area contributed by atoms with E-state index in [1.54, 1.807) is 0 Å². The van der Waals surface area contributed by atoms with Crippen LogP contribution in [0.5, 0.6) is 0 Å². The first kappa shape index (κ1) is 17.2. The van der Waals surface area contributed by atoms with Crippen LogP contribution in [0.1, 0.15) is 84.0 Å². The average molecular weight is 254 g/mol. The van der Waals surface area contributed by atoms with Gasteiger partial charge in [0.25, 0.3) is 0 Å². The van der Waals surface area contributed by atoms with Crippen molar-refractivity contribution in [3.63, 3.8) is 0 Å². The molecule has 2 heteroatoms. The molecular weight excluding hydrogens is 224 g/mol. The van der Waals surface area contributed by atoms with Crippen molar-refractivity contribution in [1.29, 1.82) is 0 Å². The second-order valence-corrected chi connectivity index (χ2v) is 5.02. The van der Waals surface area contributed by atoms with Gasteiger partial charge in [-0.3, -0.25) is 4.79 Å². The van der Waals surface area contributed by atoms with Gasteiger partial charge in [0.15, 0.2) is 0 Å². The van der Waals surface area contributed by atoms with Gasteiger partial charge in [0.05, 0.1) is 0 Å². The van der Waals surface area contributed by atoms with Gasteiger partial charge in [0.2, 0.25) is 0 Å². The van der Waals surface area contributed by atoms with Gasteiger partial charge < -0.3 is 5.11 Å². The van der Waals surface area contributed by atoms with E-state index < -0.39 is 5.97 Å². The summed E-state index contributed by atoms with van der Waals surface area (Å²) >= 11 is 0. The molecule has 0 heterocycles. The maximum Gasteiger partial charge on any atom is 0.303 e. The molecule has 18 heavy (non-hydrogen) atoms. The van der Waals surface area contributed by atoms with Crippen molar-refractivity contribution in [1.82, 2.24) is 0 Å². The molecule has 0 aromatic heterocycles. The first-order valence-electron chi connectivity index (χ1n) is 7.64. The Morgan fingerprint density at radius 3 is 1.83 bits per heavy atom. The summed E-state index contributed by atoms with van der Waals surface area (Å²) in [6.07, 6.45) is 18.3. The Morgan fingerprint density at radius 1 is 0.833 bits per heavy atom. The number of unbranched alkanes of at least 4 members (excludes halogenated alkanes) is 9. The van der Waals surface area contributed by atoms with Crippen LogP contribution in [0.25, 0.3) is 0 Å². The van der Waals surface area contributed by atoms with E-state index in [0.717, 1.165) is 25.7 Å². The highest BCUT2D eigenvalue weighted by Crippen LogP contribution is 2.08. The van der Waals surface area contributed by atoms with Crippen molar-refractivity contribution in [3.8, 4) is 0 Å². The van der Waals surface area contributed by atoms with E-state index in [0.29, 0.717) is 6.42 Å². The molecule has 0 spiro atoms. The van der Waals surface area contributed by atoms with Crippen LogP contribution in [0.15, 0.2) is 12.2 Å². The Bertz CT molecular complexity index is 209. The van der Waals surface area contributed by atoms with E-state index in [9.17, 15) is 4.79 Å². The smallest absolute Gasteiger partial charge is 0.303 e. The van der Waals surface area contributed by atoms with E-state index in [4.69, 9.17) is 5.11 Å². The largest absolute Gasteiger partial charge is 0.481 e. The number of rotatable bonds is 13. The highest BCUT2D eigenvalue weighted by Gasteiger charge is 1.95. The standard InChI is InChI=1S/C16H30O2/c1-2-3-4-5-6-7-8-9-10-11-12-13-14-15-16(17)18/h8-9H,2-7,10-15H2,1H3,(H,17,18)/b9-8-. The lowest BCUT2D eigenvalue weighted by Gasteiger charge is -1.98. The Hall–Kier alpha value is -0.790. The molecule has 0 amide bonds. The predicted octanol–water partition coefficient (Wildman–Crippen LogP) is 5.33. The van der Waals surface area contributed by atoms with Crippen LogP contribution in [-0.4, -0.2) is 11.1 Å². The molecule has 0 saturated heterocycles. The van der Waals surface area contributed by atoms with Gasteiger partial charge in [-0.25, -0.2) is 0 Å². The van der Waals surface area contributed by atoms with Crippen LogP contribution in [0.2, 0.25) is 0 Å². The van der Waals surface area contributed by atoms with Crippen molar-refractivity contribution in [2.75, 3.05) is 0 Å². The molecule has 0 aliphatic rings. The number of hydrogen-bond acceptors (Lipinski definition) is 1. The van der Waals surface area contributed by atoms with Crippen LogP contribution < -0.4 is 0 Å². The zero-order chi connectivity index (χ0) is 13.5. The zero-order valence-electron chi connectivity index (χ0n) is 12.0. The molecule has 0 bridgehead atoms. The second kappa shape index (κ2) is 14.3. The molecule has 0 aromatic carbocycles. The normalized spacial score (nSPS) is 11.2. The maximum atomic E-state index is 10.3. The minimum Gasteiger partial charge on any atom is -0.481 e. The molecule has 1 N–H and O–H groups in total. The molecule has 0 saturated carbocycles. The molecular formula is C16H30O2. The summed E-state index contributed by atoms with van der Waals surface area (Å²) in [4.78, 5) is 10.3. The molecule has 0 rings (SSSR count). The van der Waals surface area contributed by atoms with Crippen molar-refractivity contribution in [3.05, 3.63) is 12.2 Å². The van der Waals surface area contributed by atoms with Crippen LogP contribution in [-0.2, 0) is 4.79 Å². The van der Waals surface area contributed by atoms with Gasteiger partial charge >= 0.3 is 5.97 Å². The summed E-state index contributed by atoms with van der Waals surface area (Å²) in [6, 6.07) is 0. The van der Waals surface area contributed by atoms with Gasteiger partial charge in [-0.15, -0.1) is 0 Å². The third-order valence-electron chi connectivity index (χ3n) is 3.15. The van der Waals surface area contributed by atoms with Gasteiger partial charge in [0, 0.05) is 6.42 Å². The van der Waals surface area contributed by atoms with Gasteiger partial charge in [0.1, 0.15) is 0 Å². The number of allylic oxidation sites excluding steroid dienone is 2. The summed E-state index contributed by atoms with van der Waals surface area (Å²) in [7, 11) is 0. The first-order chi connectivity index (χ1) is 8.77. The van der Waals surface area contributed by atoms with E-state index in [2.05, 4.69) is 19.1 Å². The molecule has 2 nitrogen and oxygen atoms in total. The van der Waals surface area contributed by atoms with Crippen molar-refractivity contribution < 1.29 is 9.90 Å². The Labute approximate surface area is 112 Å². The highest BCUT2D eigenvalue weighted by atomic mass is 16.4. The fourth-order valence-corrected chi connectivity index (χ4v) is 1.99. The minimum atomic E-state index is -0.669. The monoisotopic (exact) mass is 254 g/mol. The molecule has 0 aliphatic carbocycles. The molecule has 0 unspecified atom stereocenters. The molecule has 0 radical (unpaired) electrons. The van der Waals surface area contributed by atoms with Crippen LogP contribution >= 0.6 is 0 Å². The number of carboxylic acids is 1. The summed E-state index contributed by atoms with van der Waals surface area (Å²) in [6.45, 7) is 2.25. The lowest BCUT2D eigenvalue weighted by Crippen LogP contribution is -1.93. The summed E-state index contributed by atoms with van der Waals surface area (Å²) in [5.41, 5.74) is 0. The molecule has 0 fully saturated rings. The summed E-state index contributed by atoms with van der Waals surface area (Å²) in [5, 5.41) is 8.48. The number of carboxylic acid groups (broad SMARTS) is 1. The number of aliphatic carboxylic acids is 1. The molecule has 106 valence electrons. The van der Waals surface area contributed by atoms with Crippen molar-refractivity contribution in [2.45, 2.75) is 84.0 Å².